The van der Waals surface area contributed by atoms with Crippen LogP contribution in [0.25, 0.3) is 0 Å². The molecule has 13 heavy (non-hydrogen) atoms. The monoisotopic (exact) mass is 181 g/mol. The molecule has 0 aromatic carbocycles. The standard InChI is InChI=1S/C10H19N3/c1-4-9(7-11)13-6-5-10(8-13)12(2)3/h9-10H,4-6,8H2,1-3H3. The van der Waals surface area contributed by atoms with Crippen LogP contribution in [0, 0.1) is 11.3 Å². The predicted octanol–water partition coefficient (Wildman–Crippen LogP) is 0.924. The summed E-state index contributed by atoms with van der Waals surface area (Å²) in [7, 11) is 4.23. The van der Waals surface area contributed by atoms with E-state index in [1.165, 1.54) is 6.42 Å². The minimum Gasteiger partial charge on any atom is -0.305 e. The molecule has 74 valence electrons. The molecule has 1 heterocycles. The van der Waals surface area contributed by atoms with Gasteiger partial charge in [0, 0.05) is 19.1 Å². The van der Waals surface area contributed by atoms with Crippen molar-refractivity contribution >= 4 is 0 Å². The molecule has 1 aliphatic heterocycles. The van der Waals surface area contributed by atoms with Crippen LogP contribution in [0.3, 0.4) is 0 Å². The van der Waals surface area contributed by atoms with Crippen molar-refractivity contribution in [3.8, 4) is 6.07 Å². The Morgan fingerprint density at radius 3 is 2.69 bits per heavy atom. The molecule has 1 rings (SSSR count). The van der Waals surface area contributed by atoms with Gasteiger partial charge in [-0.15, -0.1) is 0 Å². The lowest BCUT2D eigenvalue weighted by Gasteiger charge is -2.22. The Morgan fingerprint density at radius 2 is 2.31 bits per heavy atom. The van der Waals surface area contributed by atoms with Gasteiger partial charge in [0.2, 0.25) is 0 Å². The van der Waals surface area contributed by atoms with E-state index in [2.05, 4.69) is 36.9 Å². The molecule has 0 radical (unpaired) electrons. The van der Waals surface area contributed by atoms with E-state index in [1.807, 2.05) is 0 Å². The predicted molar refractivity (Wildman–Crippen MR) is 53.4 cm³/mol. The first-order valence-corrected chi connectivity index (χ1v) is 4.99. The van der Waals surface area contributed by atoms with Gasteiger partial charge in [-0.3, -0.25) is 4.90 Å². The summed E-state index contributed by atoms with van der Waals surface area (Å²) in [6.45, 7) is 4.21. The van der Waals surface area contributed by atoms with Crippen molar-refractivity contribution in [3.05, 3.63) is 0 Å². The van der Waals surface area contributed by atoms with E-state index in [1.54, 1.807) is 0 Å². The van der Waals surface area contributed by atoms with Crippen LogP contribution in [0.2, 0.25) is 0 Å². The van der Waals surface area contributed by atoms with E-state index < -0.39 is 0 Å². The van der Waals surface area contributed by atoms with Crippen molar-refractivity contribution in [1.29, 1.82) is 5.26 Å². The number of likely N-dealkylation sites (tertiary alicyclic amines) is 1. The molecule has 0 saturated carbocycles. The van der Waals surface area contributed by atoms with E-state index >= 15 is 0 Å². The molecule has 2 unspecified atom stereocenters. The van der Waals surface area contributed by atoms with E-state index in [9.17, 15) is 0 Å². The van der Waals surface area contributed by atoms with Crippen LogP contribution in [0.1, 0.15) is 19.8 Å². The highest BCUT2D eigenvalue weighted by Gasteiger charge is 2.28. The van der Waals surface area contributed by atoms with Crippen LogP contribution in [0.4, 0.5) is 0 Å². The van der Waals surface area contributed by atoms with Crippen LogP contribution in [-0.4, -0.2) is 49.1 Å². The number of likely N-dealkylation sites (N-methyl/N-ethyl adjacent to an activating group) is 1. The maximum Gasteiger partial charge on any atom is 0.0975 e. The van der Waals surface area contributed by atoms with Gasteiger partial charge in [0.25, 0.3) is 0 Å². The number of nitrogens with zero attached hydrogens (tertiary/aromatic N) is 3. The van der Waals surface area contributed by atoms with Gasteiger partial charge >= 0.3 is 0 Å². The lowest BCUT2D eigenvalue weighted by atomic mass is 10.2. The minimum absolute atomic E-state index is 0.130. The van der Waals surface area contributed by atoms with E-state index in [0.29, 0.717) is 6.04 Å². The average Bonchev–Trinajstić information content (AvgIpc) is 2.56. The molecule has 0 bridgehead atoms. The molecule has 3 heteroatoms. The maximum absolute atomic E-state index is 8.91. The molecule has 0 amide bonds. The van der Waals surface area contributed by atoms with Crippen LogP contribution in [0.5, 0.6) is 0 Å². The molecule has 1 aliphatic rings. The quantitative estimate of drug-likeness (QED) is 0.648. The van der Waals surface area contributed by atoms with E-state index in [-0.39, 0.29) is 6.04 Å². The first-order chi connectivity index (χ1) is 6.19. The molecule has 0 aliphatic carbocycles. The molecule has 1 fully saturated rings. The summed E-state index contributed by atoms with van der Waals surface area (Å²) >= 11 is 0. The van der Waals surface area contributed by atoms with Gasteiger partial charge in [-0.2, -0.15) is 5.26 Å². The Morgan fingerprint density at radius 1 is 1.62 bits per heavy atom. The second-order valence-electron chi connectivity index (χ2n) is 3.95. The Kier molecular flexibility index (Phi) is 3.71. The van der Waals surface area contributed by atoms with Crippen LogP contribution in [-0.2, 0) is 0 Å². The molecule has 0 spiro atoms. The number of hydrogen-bond donors (Lipinski definition) is 0. The second-order valence-corrected chi connectivity index (χ2v) is 3.95. The Bertz CT molecular complexity index is 195. The van der Waals surface area contributed by atoms with Crippen molar-refractivity contribution in [2.75, 3.05) is 27.2 Å². The molecule has 0 N–H and O–H groups in total. The van der Waals surface area contributed by atoms with Gasteiger partial charge in [-0.1, -0.05) is 6.92 Å². The molecule has 2 atom stereocenters. The van der Waals surface area contributed by atoms with Crippen LogP contribution < -0.4 is 0 Å². The van der Waals surface area contributed by atoms with Crippen molar-refractivity contribution in [2.45, 2.75) is 31.8 Å². The SMILES string of the molecule is CCC(C#N)N1CCC(N(C)C)C1. The third kappa shape index (κ3) is 2.43. The Balaban J connectivity index is 2.45. The zero-order valence-corrected chi connectivity index (χ0v) is 8.82. The van der Waals surface area contributed by atoms with Gasteiger partial charge in [-0.25, -0.2) is 0 Å². The summed E-state index contributed by atoms with van der Waals surface area (Å²) in [6, 6.07) is 3.13. The fraction of sp³-hybridized carbons (Fsp3) is 0.900. The average molecular weight is 181 g/mol. The maximum atomic E-state index is 8.91. The zero-order chi connectivity index (χ0) is 9.84. The Hall–Kier alpha value is -0.590. The topological polar surface area (TPSA) is 30.3 Å². The van der Waals surface area contributed by atoms with Crippen LogP contribution in [0.15, 0.2) is 0 Å². The van der Waals surface area contributed by atoms with Gasteiger partial charge in [0.15, 0.2) is 0 Å². The zero-order valence-electron chi connectivity index (χ0n) is 8.82. The second kappa shape index (κ2) is 4.59. The molecular weight excluding hydrogens is 162 g/mol. The summed E-state index contributed by atoms with van der Waals surface area (Å²) in [5.41, 5.74) is 0. The molecule has 1 saturated heterocycles. The molecular formula is C10H19N3. The van der Waals surface area contributed by atoms with Gasteiger partial charge in [-0.05, 0) is 26.9 Å². The number of nitriles is 1. The number of hydrogen-bond acceptors (Lipinski definition) is 3. The largest absolute Gasteiger partial charge is 0.305 e. The van der Waals surface area contributed by atoms with Crippen molar-refractivity contribution < 1.29 is 0 Å². The smallest absolute Gasteiger partial charge is 0.0975 e. The number of rotatable bonds is 3. The molecule has 0 aromatic heterocycles. The first kappa shape index (κ1) is 10.5. The first-order valence-electron chi connectivity index (χ1n) is 4.99. The third-order valence-corrected chi connectivity index (χ3v) is 2.90. The summed E-state index contributed by atoms with van der Waals surface area (Å²) in [5.74, 6) is 0. The van der Waals surface area contributed by atoms with E-state index in [4.69, 9.17) is 5.26 Å². The highest BCUT2D eigenvalue weighted by atomic mass is 15.2. The van der Waals surface area contributed by atoms with Gasteiger partial charge in [0.1, 0.15) is 0 Å². The van der Waals surface area contributed by atoms with Crippen molar-refractivity contribution in [3.63, 3.8) is 0 Å². The van der Waals surface area contributed by atoms with Crippen molar-refractivity contribution in [2.24, 2.45) is 0 Å². The lowest BCUT2D eigenvalue weighted by molar-refractivity contribution is 0.242. The third-order valence-electron chi connectivity index (χ3n) is 2.90. The molecule has 0 aromatic rings. The van der Waals surface area contributed by atoms with Crippen molar-refractivity contribution in [1.82, 2.24) is 9.80 Å². The minimum atomic E-state index is 0.130. The van der Waals surface area contributed by atoms with Gasteiger partial charge < -0.3 is 4.90 Å². The summed E-state index contributed by atoms with van der Waals surface area (Å²) in [4.78, 5) is 4.55. The summed E-state index contributed by atoms with van der Waals surface area (Å²) in [5, 5.41) is 8.91. The van der Waals surface area contributed by atoms with Crippen LogP contribution >= 0.6 is 0 Å². The fourth-order valence-corrected chi connectivity index (χ4v) is 1.90. The summed E-state index contributed by atoms with van der Waals surface area (Å²) < 4.78 is 0. The fourth-order valence-electron chi connectivity index (χ4n) is 1.90. The summed E-state index contributed by atoms with van der Waals surface area (Å²) in [6.07, 6.45) is 2.14. The normalized spacial score (nSPS) is 26.2. The highest BCUT2D eigenvalue weighted by Crippen LogP contribution is 2.16. The molecule has 3 nitrogen and oxygen atoms in total. The van der Waals surface area contributed by atoms with E-state index in [0.717, 1.165) is 19.5 Å². The lowest BCUT2D eigenvalue weighted by Crippen LogP contribution is -2.36. The highest BCUT2D eigenvalue weighted by molar-refractivity contribution is 4.95. The Labute approximate surface area is 80.9 Å². The van der Waals surface area contributed by atoms with Gasteiger partial charge in [0.05, 0.1) is 12.1 Å².